The van der Waals surface area contributed by atoms with E-state index in [1.807, 2.05) is 41.5 Å². The fraction of sp³-hybridized carbons (Fsp3) is 0.810. The standard InChI is InChI=1S/C21H40N4O5/c1-11(2)8-15(22)19(27)23-14(7)18(26)24-16(9-12(3)4)20(28)25-17(21(29)30)10-13(5)6/h11-17H,8-10,22H2,1-7H3,(H,23,27)(H,24,26)(H,25,28)(H,29,30). The first-order chi connectivity index (χ1) is 13.7. The third kappa shape index (κ3) is 11.1. The average Bonchev–Trinajstić information content (AvgIpc) is 2.58. The van der Waals surface area contributed by atoms with Gasteiger partial charge < -0.3 is 26.8 Å². The molecule has 30 heavy (non-hydrogen) atoms. The zero-order valence-electron chi connectivity index (χ0n) is 19.3. The van der Waals surface area contributed by atoms with Crippen LogP contribution in [-0.2, 0) is 19.2 Å². The van der Waals surface area contributed by atoms with Crippen LogP contribution in [0, 0.1) is 17.8 Å². The lowest BCUT2D eigenvalue weighted by molar-refractivity contribution is -0.143. The molecule has 6 N–H and O–H groups in total. The Morgan fingerprint density at radius 1 is 0.667 bits per heavy atom. The van der Waals surface area contributed by atoms with Gasteiger partial charge in [0.05, 0.1) is 6.04 Å². The molecular formula is C21H40N4O5. The summed E-state index contributed by atoms with van der Waals surface area (Å²) in [5, 5.41) is 17.1. The number of hydrogen-bond donors (Lipinski definition) is 5. The van der Waals surface area contributed by atoms with Gasteiger partial charge in [0.2, 0.25) is 17.7 Å². The Bertz CT molecular complexity index is 592. The monoisotopic (exact) mass is 428 g/mol. The first kappa shape index (κ1) is 27.8. The molecule has 0 saturated heterocycles. The zero-order chi connectivity index (χ0) is 23.6. The molecule has 0 spiro atoms. The Hall–Kier alpha value is -2.16. The van der Waals surface area contributed by atoms with Crippen LogP contribution in [0.4, 0.5) is 0 Å². The fourth-order valence-electron chi connectivity index (χ4n) is 2.97. The van der Waals surface area contributed by atoms with Gasteiger partial charge in [-0.3, -0.25) is 14.4 Å². The molecule has 174 valence electrons. The Morgan fingerprint density at radius 3 is 1.53 bits per heavy atom. The van der Waals surface area contributed by atoms with E-state index in [1.54, 1.807) is 0 Å². The predicted molar refractivity (Wildman–Crippen MR) is 115 cm³/mol. The third-order valence-corrected chi connectivity index (χ3v) is 4.48. The van der Waals surface area contributed by atoms with Crippen molar-refractivity contribution >= 4 is 23.7 Å². The van der Waals surface area contributed by atoms with Gasteiger partial charge in [0.25, 0.3) is 0 Å². The smallest absolute Gasteiger partial charge is 0.326 e. The number of carbonyl (C=O) groups excluding carboxylic acids is 3. The van der Waals surface area contributed by atoms with E-state index in [0.717, 1.165) is 0 Å². The highest BCUT2D eigenvalue weighted by atomic mass is 16.4. The molecule has 0 aliphatic heterocycles. The maximum Gasteiger partial charge on any atom is 0.326 e. The number of nitrogens with one attached hydrogen (secondary N) is 3. The molecule has 0 saturated carbocycles. The number of nitrogens with two attached hydrogens (primary N) is 1. The van der Waals surface area contributed by atoms with Gasteiger partial charge >= 0.3 is 5.97 Å². The van der Waals surface area contributed by atoms with E-state index in [2.05, 4.69) is 16.0 Å². The molecule has 0 aromatic rings. The van der Waals surface area contributed by atoms with Gasteiger partial charge in [0.15, 0.2) is 0 Å². The summed E-state index contributed by atoms with van der Waals surface area (Å²) in [4.78, 5) is 48.8. The summed E-state index contributed by atoms with van der Waals surface area (Å²) in [6.45, 7) is 12.9. The number of rotatable bonds is 13. The van der Waals surface area contributed by atoms with Crippen molar-refractivity contribution < 1.29 is 24.3 Å². The van der Waals surface area contributed by atoms with Gasteiger partial charge in [0.1, 0.15) is 18.1 Å². The molecule has 0 aromatic heterocycles. The van der Waals surface area contributed by atoms with Crippen molar-refractivity contribution in [3.05, 3.63) is 0 Å². The van der Waals surface area contributed by atoms with E-state index in [9.17, 15) is 24.3 Å². The Kier molecular flexibility index (Phi) is 12.3. The quantitative estimate of drug-likeness (QED) is 0.295. The Morgan fingerprint density at radius 2 is 1.10 bits per heavy atom. The molecule has 9 heteroatoms. The van der Waals surface area contributed by atoms with Crippen LogP contribution in [0.25, 0.3) is 0 Å². The second kappa shape index (κ2) is 13.2. The summed E-state index contributed by atoms with van der Waals surface area (Å²) < 4.78 is 0. The van der Waals surface area contributed by atoms with Crippen LogP contribution in [0.15, 0.2) is 0 Å². The molecule has 0 aliphatic rings. The SMILES string of the molecule is CC(C)CC(N)C(=O)NC(C)C(=O)NC(CC(C)C)C(=O)NC(CC(C)C)C(=O)O. The van der Waals surface area contributed by atoms with E-state index in [1.165, 1.54) is 6.92 Å². The molecule has 0 bridgehead atoms. The topological polar surface area (TPSA) is 151 Å². The van der Waals surface area contributed by atoms with E-state index in [0.29, 0.717) is 12.8 Å². The molecule has 0 aliphatic carbocycles. The average molecular weight is 429 g/mol. The van der Waals surface area contributed by atoms with E-state index in [-0.39, 0.29) is 24.2 Å². The third-order valence-electron chi connectivity index (χ3n) is 4.48. The lowest BCUT2D eigenvalue weighted by Gasteiger charge is -2.25. The van der Waals surface area contributed by atoms with Gasteiger partial charge in [0, 0.05) is 0 Å². The molecule has 4 unspecified atom stereocenters. The molecule has 3 amide bonds. The molecular weight excluding hydrogens is 388 g/mol. The van der Waals surface area contributed by atoms with Gasteiger partial charge in [-0.1, -0.05) is 41.5 Å². The summed E-state index contributed by atoms with van der Waals surface area (Å²) >= 11 is 0. The molecule has 0 rings (SSSR count). The molecule has 9 nitrogen and oxygen atoms in total. The van der Waals surface area contributed by atoms with Crippen LogP contribution < -0.4 is 21.7 Å². The summed E-state index contributed by atoms with van der Waals surface area (Å²) in [5.74, 6) is -2.24. The van der Waals surface area contributed by atoms with Gasteiger partial charge in [-0.25, -0.2) is 4.79 Å². The van der Waals surface area contributed by atoms with Crippen molar-refractivity contribution in [2.45, 2.75) is 91.9 Å². The first-order valence-corrected chi connectivity index (χ1v) is 10.6. The predicted octanol–water partition coefficient (Wildman–Crippen LogP) is 1.01. The van der Waals surface area contributed by atoms with Crippen molar-refractivity contribution in [2.24, 2.45) is 23.5 Å². The lowest BCUT2D eigenvalue weighted by atomic mass is 10.00. The number of hydrogen-bond acceptors (Lipinski definition) is 5. The zero-order valence-corrected chi connectivity index (χ0v) is 19.3. The molecule has 0 heterocycles. The first-order valence-electron chi connectivity index (χ1n) is 10.6. The number of amides is 3. The second-order valence-corrected chi connectivity index (χ2v) is 9.19. The van der Waals surface area contributed by atoms with Crippen molar-refractivity contribution in [3.8, 4) is 0 Å². The Labute approximate surface area is 179 Å². The van der Waals surface area contributed by atoms with Crippen LogP contribution in [0.3, 0.4) is 0 Å². The van der Waals surface area contributed by atoms with Crippen molar-refractivity contribution in [2.75, 3.05) is 0 Å². The van der Waals surface area contributed by atoms with Gasteiger partial charge in [-0.15, -0.1) is 0 Å². The van der Waals surface area contributed by atoms with Gasteiger partial charge in [-0.2, -0.15) is 0 Å². The number of aliphatic carboxylic acids is 1. The van der Waals surface area contributed by atoms with Gasteiger partial charge in [-0.05, 0) is 43.9 Å². The number of carboxylic acid groups (broad SMARTS) is 1. The van der Waals surface area contributed by atoms with E-state index in [4.69, 9.17) is 5.73 Å². The van der Waals surface area contributed by atoms with Crippen molar-refractivity contribution in [1.29, 1.82) is 0 Å². The van der Waals surface area contributed by atoms with E-state index >= 15 is 0 Å². The molecule has 0 fully saturated rings. The highest BCUT2D eigenvalue weighted by Crippen LogP contribution is 2.09. The Balaban J connectivity index is 5.09. The van der Waals surface area contributed by atoms with Crippen molar-refractivity contribution in [3.63, 3.8) is 0 Å². The summed E-state index contributed by atoms with van der Waals surface area (Å²) in [7, 11) is 0. The molecule has 0 radical (unpaired) electrons. The largest absolute Gasteiger partial charge is 0.480 e. The summed E-state index contributed by atoms with van der Waals surface area (Å²) in [6, 6.07) is -3.54. The minimum absolute atomic E-state index is 0.0785. The highest BCUT2D eigenvalue weighted by Gasteiger charge is 2.29. The molecule has 4 atom stereocenters. The van der Waals surface area contributed by atoms with E-state index < -0.39 is 47.9 Å². The number of carboxylic acids is 1. The maximum absolute atomic E-state index is 12.7. The normalized spacial score (nSPS) is 15.4. The van der Waals surface area contributed by atoms with Crippen LogP contribution in [0.5, 0.6) is 0 Å². The second-order valence-electron chi connectivity index (χ2n) is 9.19. The van der Waals surface area contributed by atoms with Crippen LogP contribution in [0.2, 0.25) is 0 Å². The van der Waals surface area contributed by atoms with Crippen LogP contribution in [0.1, 0.15) is 67.7 Å². The number of carbonyl (C=O) groups is 4. The fourth-order valence-corrected chi connectivity index (χ4v) is 2.97. The summed E-state index contributed by atoms with van der Waals surface area (Å²) in [5.41, 5.74) is 5.84. The maximum atomic E-state index is 12.7. The minimum atomic E-state index is -1.12. The summed E-state index contributed by atoms with van der Waals surface area (Å²) in [6.07, 6.45) is 1.10. The highest BCUT2D eigenvalue weighted by molar-refractivity contribution is 5.93. The van der Waals surface area contributed by atoms with Crippen LogP contribution >= 0.6 is 0 Å². The van der Waals surface area contributed by atoms with Crippen LogP contribution in [-0.4, -0.2) is 53.0 Å². The lowest BCUT2D eigenvalue weighted by Crippen LogP contribution is -2.56. The van der Waals surface area contributed by atoms with Crippen molar-refractivity contribution in [1.82, 2.24) is 16.0 Å². The molecule has 0 aromatic carbocycles. The minimum Gasteiger partial charge on any atom is -0.480 e.